The molecule has 1 unspecified atom stereocenters. The van der Waals surface area contributed by atoms with Gasteiger partial charge in [0, 0.05) is 24.7 Å². The smallest absolute Gasteiger partial charge is 0.273 e. The fourth-order valence-electron chi connectivity index (χ4n) is 2.83. The molecule has 0 radical (unpaired) electrons. The largest absolute Gasteiger partial charge is 0.388 e. The Balaban J connectivity index is 1.97. The molecule has 1 amide bonds. The number of aromatic nitrogens is 1. The van der Waals surface area contributed by atoms with E-state index in [1.807, 2.05) is 30.3 Å². The summed E-state index contributed by atoms with van der Waals surface area (Å²) in [6, 6.07) is 9.64. The van der Waals surface area contributed by atoms with Crippen LogP contribution in [0.1, 0.15) is 30.3 Å². The van der Waals surface area contributed by atoms with Crippen LogP contribution in [0.15, 0.2) is 36.5 Å². The molecule has 1 aliphatic heterocycles. The third kappa shape index (κ3) is 2.39. The summed E-state index contributed by atoms with van der Waals surface area (Å²) in [7, 11) is 0. The van der Waals surface area contributed by atoms with Gasteiger partial charge in [0.05, 0.1) is 5.60 Å². The van der Waals surface area contributed by atoms with Crippen LogP contribution in [-0.4, -0.2) is 39.6 Å². The van der Waals surface area contributed by atoms with Crippen LogP contribution in [0.4, 0.5) is 0 Å². The van der Waals surface area contributed by atoms with Gasteiger partial charge in [-0.05, 0) is 31.2 Å². The van der Waals surface area contributed by atoms with E-state index in [0.717, 1.165) is 23.6 Å². The lowest BCUT2D eigenvalue weighted by molar-refractivity contribution is -0.0108. The van der Waals surface area contributed by atoms with Gasteiger partial charge in [-0.1, -0.05) is 24.3 Å². The number of pyridine rings is 1. The number of fused-ring (bicyclic) bond motifs is 1. The molecule has 4 nitrogen and oxygen atoms in total. The van der Waals surface area contributed by atoms with Crippen LogP contribution in [0.3, 0.4) is 0 Å². The summed E-state index contributed by atoms with van der Waals surface area (Å²) < 4.78 is 0. The predicted molar refractivity (Wildman–Crippen MR) is 77.5 cm³/mol. The number of amides is 1. The number of carbonyl (C=O) groups excluding carboxylic acids is 1. The number of piperidine rings is 1. The Labute approximate surface area is 118 Å². The Morgan fingerprint density at radius 2 is 2.15 bits per heavy atom. The molecule has 0 saturated carbocycles. The van der Waals surface area contributed by atoms with E-state index in [1.54, 1.807) is 18.0 Å². The van der Waals surface area contributed by atoms with E-state index in [0.29, 0.717) is 18.8 Å². The number of rotatable bonds is 1. The molecular formula is C16H18N2O2. The van der Waals surface area contributed by atoms with Crippen LogP contribution in [-0.2, 0) is 0 Å². The van der Waals surface area contributed by atoms with E-state index in [9.17, 15) is 9.90 Å². The monoisotopic (exact) mass is 270 g/mol. The van der Waals surface area contributed by atoms with Crippen LogP contribution in [0, 0.1) is 0 Å². The standard InChI is InChI=1S/C16H18N2O2/c1-16(20)8-4-10-18(11-16)15(19)14-13-6-3-2-5-12(13)7-9-17-14/h2-3,5-7,9,20H,4,8,10-11H2,1H3. The van der Waals surface area contributed by atoms with Gasteiger partial charge < -0.3 is 10.0 Å². The molecule has 1 aliphatic rings. The van der Waals surface area contributed by atoms with Crippen LogP contribution in [0.5, 0.6) is 0 Å². The second-order valence-electron chi connectivity index (χ2n) is 5.71. The van der Waals surface area contributed by atoms with Crippen molar-refractivity contribution in [1.82, 2.24) is 9.88 Å². The van der Waals surface area contributed by atoms with E-state index in [2.05, 4.69) is 4.98 Å². The fraction of sp³-hybridized carbons (Fsp3) is 0.375. The first kappa shape index (κ1) is 13.1. The Hall–Kier alpha value is -1.94. The van der Waals surface area contributed by atoms with Crippen molar-refractivity contribution in [2.75, 3.05) is 13.1 Å². The molecular weight excluding hydrogens is 252 g/mol. The average molecular weight is 270 g/mol. The zero-order valence-electron chi connectivity index (χ0n) is 11.5. The van der Waals surface area contributed by atoms with Crippen molar-refractivity contribution >= 4 is 16.7 Å². The van der Waals surface area contributed by atoms with Crippen LogP contribution >= 0.6 is 0 Å². The molecule has 3 rings (SSSR count). The van der Waals surface area contributed by atoms with Gasteiger partial charge in [-0.15, -0.1) is 0 Å². The van der Waals surface area contributed by atoms with Gasteiger partial charge in [0.2, 0.25) is 0 Å². The third-order valence-corrected chi connectivity index (χ3v) is 3.84. The molecule has 0 aliphatic carbocycles. The Kier molecular flexibility index (Phi) is 3.18. The molecule has 1 fully saturated rings. The van der Waals surface area contributed by atoms with Crippen molar-refractivity contribution in [2.24, 2.45) is 0 Å². The second kappa shape index (κ2) is 4.87. The highest BCUT2D eigenvalue weighted by Gasteiger charge is 2.32. The van der Waals surface area contributed by atoms with Crippen molar-refractivity contribution in [3.05, 3.63) is 42.2 Å². The molecule has 1 aromatic carbocycles. The summed E-state index contributed by atoms with van der Waals surface area (Å²) >= 11 is 0. The molecule has 2 aromatic rings. The lowest BCUT2D eigenvalue weighted by Gasteiger charge is -2.36. The summed E-state index contributed by atoms with van der Waals surface area (Å²) in [5.74, 6) is -0.0956. The topological polar surface area (TPSA) is 53.4 Å². The van der Waals surface area contributed by atoms with Gasteiger partial charge in [0.15, 0.2) is 0 Å². The summed E-state index contributed by atoms with van der Waals surface area (Å²) in [5.41, 5.74) is -0.320. The molecule has 4 heteroatoms. The average Bonchev–Trinajstić information content (AvgIpc) is 2.45. The zero-order chi connectivity index (χ0) is 14.2. The number of hydrogen-bond donors (Lipinski definition) is 1. The van der Waals surface area contributed by atoms with E-state index < -0.39 is 5.60 Å². The maximum absolute atomic E-state index is 12.7. The highest BCUT2D eigenvalue weighted by molar-refractivity contribution is 6.05. The quantitative estimate of drug-likeness (QED) is 0.864. The molecule has 1 N–H and O–H groups in total. The highest BCUT2D eigenvalue weighted by Crippen LogP contribution is 2.23. The van der Waals surface area contributed by atoms with Gasteiger partial charge in [0.25, 0.3) is 5.91 Å². The zero-order valence-corrected chi connectivity index (χ0v) is 11.5. The van der Waals surface area contributed by atoms with Gasteiger partial charge in [0.1, 0.15) is 5.69 Å². The molecule has 2 heterocycles. The van der Waals surface area contributed by atoms with E-state index in [1.165, 1.54) is 0 Å². The first-order valence-corrected chi connectivity index (χ1v) is 6.92. The Morgan fingerprint density at radius 3 is 2.95 bits per heavy atom. The van der Waals surface area contributed by atoms with Crippen molar-refractivity contribution < 1.29 is 9.90 Å². The maximum atomic E-state index is 12.7. The van der Waals surface area contributed by atoms with Crippen molar-refractivity contribution in [3.8, 4) is 0 Å². The van der Waals surface area contributed by atoms with E-state index in [4.69, 9.17) is 0 Å². The summed E-state index contributed by atoms with van der Waals surface area (Å²) in [6.45, 7) is 2.83. The van der Waals surface area contributed by atoms with Crippen molar-refractivity contribution in [2.45, 2.75) is 25.4 Å². The second-order valence-corrected chi connectivity index (χ2v) is 5.71. The number of likely N-dealkylation sites (tertiary alicyclic amines) is 1. The minimum absolute atomic E-state index is 0.0956. The predicted octanol–water partition coefficient (Wildman–Crippen LogP) is 2.22. The van der Waals surface area contributed by atoms with Gasteiger partial charge in [-0.3, -0.25) is 9.78 Å². The Bertz CT molecular complexity index is 646. The number of carbonyl (C=O) groups is 1. The van der Waals surface area contributed by atoms with Crippen molar-refractivity contribution in [3.63, 3.8) is 0 Å². The SMILES string of the molecule is CC1(O)CCCN(C(=O)c2nccc3ccccc23)C1. The maximum Gasteiger partial charge on any atom is 0.273 e. The number of β-amino-alcohol motifs (C(OH)–C–C–N with tert-alkyl or cyclic N) is 1. The van der Waals surface area contributed by atoms with Crippen LogP contribution in [0.25, 0.3) is 10.8 Å². The van der Waals surface area contributed by atoms with Crippen LogP contribution < -0.4 is 0 Å². The molecule has 1 atom stereocenters. The van der Waals surface area contributed by atoms with E-state index >= 15 is 0 Å². The van der Waals surface area contributed by atoms with Gasteiger partial charge in [-0.25, -0.2) is 0 Å². The minimum Gasteiger partial charge on any atom is -0.388 e. The summed E-state index contributed by atoms with van der Waals surface area (Å²) in [5, 5.41) is 12.0. The Morgan fingerprint density at radius 1 is 1.35 bits per heavy atom. The molecule has 104 valence electrons. The van der Waals surface area contributed by atoms with Gasteiger partial charge in [-0.2, -0.15) is 0 Å². The fourth-order valence-corrected chi connectivity index (χ4v) is 2.83. The molecule has 0 spiro atoms. The summed E-state index contributed by atoms with van der Waals surface area (Å²) in [6.07, 6.45) is 3.22. The third-order valence-electron chi connectivity index (χ3n) is 3.84. The summed E-state index contributed by atoms with van der Waals surface area (Å²) in [4.78, 5) is 18.6. The lowest BCUT2D eigenvalue weighted by atomic mass is 9.95. The molecule has 20 heavy (non-hydrogen) atoms. The minimum atomic E-state index is -0.793. The normalized spacial score (nSPS) is 23.0. The molecule has 0 bridgehead atoms. The number of hydrogen-bond acceptors (Lipinski definition) is 3. The molecule has 1 saturated heterocycles. The van der Waals surface area contributed by atoms with Crippen molar-refractivity contribution in [1.29, 1.82) is 0 Å². The highest BCUT2D eigenvalue weighted by atomic mass is 16.3. The van der Waals surface area contributed by atoms with Gasteiger partial charge >= 0.3 is 0 Å². The lowest BCUT2D eigenvalue weighted by Crippen LogP contribution is -2.48. The first-order valence-electron chi connectivity index (χ1n) is 6.92. The van der Waals surface area contributed by atoms with Crippen LogP contribution in [0.2, 0.25) is 0 Å². The number of aliphatic hydroxyl groups is 1. The molecule has 1 aromatic heterocycles. The van der Waals surface area contributed by atoms with E-state index in [-0.39, 0.29) is 5.91 Å². The number of nitrogens with zero attached hydrogens (tertiary/aromatic N) is 2. The number of benzene rings is 1. The first-order chi connectivity index (χ1) is 9.57.